The molecule has 5 heteroatoms. The molecule has 3 atom stereocenters. The number of hydrogen-bond donors (Lipinski definition) is 0. The smallest absolute Gasteiger partial charge is 0.320 e. The Balaban J connectivity index is 1.81. The van der Waals surface area contributed by atoms with Gasteiger partial charge in [-0.3, -0.25) is 0 Å². The number of nitrogens with zero attached hydrogens (tertiary/aromatic N) is 3. The van der Waals surface area contributed by atoms with E-state index in [0.717, 1.165) is 39.2 Å². The Hall–Kier alpha value is -1.59. The number of hydrogen-bond acceptors (Lipinski definition) is 3. The Morgan fingerprint density at radius 1 is 1.24 bits per heavy atom. The molecule has 25 heavy (non-hydrogen) atoms. The maximum Gasteiger partial charge on any atom is 0.320 e. The molecule has 2 heterocycles. The van der Waals surface area contributed by atoms with Gasteiger partial charge in [-0.25, -0.2) is 4.79 Å². The van der Waals surface area contributed by atoms with Crippen molar-refractivity contribution in [3.8, 4) is 0 Å². The molecule has 2 aliphatic rings. The number of fused-ring (bicyclic) bond motifs is 1. The predicted octanol–water partition coefficient (Wildman–Crippen LogP) is 2.62. The van der Waals surface area contributed by atoms with Crippen molar-refractivity contribution in [3.05, 3.63) is 35.4 Å². The maximum absolute atomic E-state index is 12.8. The van der Waals surface area contributed by atoms with Gasteiger partial charge in [0, 0.05) is 59.9 Å². The Morgan fingerprint density at radius 3 is 2.68 bits per heavy atom. The van der Waals surface area contributed by atoms with Crippen molar-refractivity contribution in [2.75, 3.05) is 54.0 Å². The zero-order chi connectivity index (χ0) is 18.0. The molecule has 2 fully saturated rings. The number of carbonyl (C=O) groups excluding carboxylic acids is 1. The lowest BCUT2D eigenvalue weighted by Crippen LogP contribution is -2.41. The van der Waals surface area contributed by atoms with Gasteiger partial charge in [-0.05, 0) is 30.4 Å². The largest absolute Gasteiger partial charge is 0.385 e. The summed E-state index contributed by atoms with van der Waals surface area (Å²) in [4.78, 5) is 19.2. The number of carbonyl (C=O) groups is 1. The second kappa shape index (κ2) is 7.75. The van der Waals surface area contributed by atoms with Gasteiger partial charge < -0.3 is 19.4 Å². The zero-order valence-corrected chi connectivity index (χ0v) is 15.9. The average Bonchev–Trinajstić information content (AvgIpc) is 3.12. The van der Waals surface area contributed by atoms with Crippen LogP contribution < -0.4 is 0 Å². The van der Waals surface area contributed by atoms with Crippen LogP contribution in [0.15, 0.2) is 24.3 Å². The van der Waals surface area contributed by atoms with Crippen molar-refractivity contribution in [3.63, 3.8) is 0 Å². The second-order valence-corrected chi connectivity index (χ2v) is 7.66. The van der Waals surface area contributed by atoms with E-state index in [2.05, 4.69) is 41.0 Å². The second-order valence-electron chi connectivity index (χ2n) is 7.66. The molecule has 5 nitrogen and oxygen atoms in total. The summed E-state index contributed by atoms with van der Waals surface area (Å²) in [6.45, 7) is 7.09. The van der Waals surface area contributed by atoms with Crippen LogP contribution in [0.3, 0.4) is 0 Å². The van der Waals surface area contributed by atoms with E-state index in [9.17, 15) is 4.79 Å². The maximum atomic E-state index is 12.8. The van der Waals surface area contributed by atoms with Crippen LogP contribution in [-0.2, 0) is 4.74 Å². The van der Waals surface area contributed by atoms with Crippen LogP contribution >= 0.6 is 0 Å². The molecule has 138 valence electrons. The van der Waals surface area contributed by atoms with Crippen LogP contribution in [-0.4, -0.2) is 74.7 Å². The third-order valence-electron chi connectivity index (χ3n) is 5.70. The summed E-state index contributed by atoms with van der Waals surface area (Å²) in [6.07, 6.45) is 1.07. The number of amides is 2. The number of ether oxygens (including phenoxy) is 1. The zero-order valence-electron chi connectivity index (χ0n) is 15.9. The highest BCUT2D eigenvalue weighted by Gasteiger charge is 2.49. The molecule has 1 aromatic carbocycles. The van der Waals surface area contributed by atoms with Crippen molar-refractivity contribution >= 4 is 6.03 Å². The molecule has 0 unspecified atom stereocenters. The van der Waals surface area contributed by atoms with E-state index >= 15 is 0 Å². The Morgan fingerprint density at radius 2 is 2.00 bits per heavy atom. The lowest BCUT2D eigenvalue weighted by atomic mass is 9.88. The van der Waals surface area contributed by atoms with Gasteiger partial charge in [-0.15, -0.1) is 0 Å². The highest BCUT2D eigenvalue weighted by atomic mass is 16.5. The number of rotatable bonds is 5. The average molecular weight is 345 g/mol. The molecule has 2 aliphatic heterocycles. The summed E-state index contributed by atoms with van der Waals surface area (Å²) in [6, 6.07) is 8.86. The summed E-state index contributed by atoms with van der Waals surface area (Å²) in [5.41, 5.74) is 2.59. The van der Waals surface area contributed by atoms with E-state index < -0.39 is 0 Å². The standard InChI is InChI=1S/C20H31N3O2/c1-15-8-5-6-9-17(15)19-18-14-22(10-7-11-25-4)12-16(18)13-23(19)20(24)21(2)3/h5-6,8-9,16,18-19H,7,10-14H2,1-4H3/t16-,18-,19+/m1/s1. The van der Waals surface area contributed by atoms with Crippen LogP contribution in [0.5, 0.6) is 0 Å². The Labute approximate surface area is 151 Å². The Kier molecular flexibility index (Phi) is 5.64. The van der Waals surface area contributed by atoms with Gasteiger partial charge in [0.25, 0.3) is 0 Å². The number of benzene rings is 1. The summed E-state index contributed by atoms with van der Waals surface area (Å²) in [5, 5.41) is 0. The fourth-order valence-corrected chi connectivity index (χ4v) is 4.52. The van der Waals surface area contributed by atoms with E-state index in [-0.39, 0.29) is 12.1 Å². The molecule has 2 amide bonds. The predicted molar refractivity (Wildman–Crippen MR) is 99.6 cm³/mol. The molecule has 0 saturated carbocycles. The SMILES string of the molecule is COCCCN1C[C@@H]2CN(C(=O)N(C)C)[C@@H](c3ccccc3C)[C@@H]2C1. The number of urea groups is 1. The first-order valence-corrected chi connectivity index (χ1v) is 9.27. The molecule has 2 saturated heterocycles. The minimum absolute atomic E-state index is 0.133. The quantitative estimate of drug-likeness (QED) is 0.770. The van der Waals surface area contributed by atoms with Gasteiger partial charge in [-0.2, -0.15) is 0 Å². The van der Waals surface area contributed by atoms with Gasteiger partial charge in [0.2, 0.25) is 0 Å². The van der Waals surface area contributed by atoms with Crippen LogP contribution in [0.1, 0.15) is 23.6 Å². The molecule has 0 bridgehead atoms. The van der Waals surface area contributed by atoms with Crippen molar-refractivity contribution in [2.45, 2.75) is 19.4 Å². The lowest BCUT2D eigenvalue weighted by molar-refractivity contribution is 0.148. The molecular formula is C20H31N3O2. The molecule has 0 radical (unpaired) electrons. The van der Waals surface area contributed by atoms with E-state index in [1.807, 2.05) is 14.1 Å². The van der Waals surface area contributed by atoms with E-state index in [0.29, 0.717) is 11.8 Å². The van der Waals surface area contributed by atoms with Gasteiger partial charge in [0.1, 0.15) is 0 Å². The van der Waals surface area contributed by atoms with Crippen molar-refractivity contribution in [1.82, 2.24) is 14.7 Å². The highest BCUT2D eigenvalue weighted by Crippen LogP contribution is 2.46. The van der Waals surface area contributed by atoms with Gasteiger partial charge >= 0.3 is 6.03 Å². The van der Waals surface area contributed by atoms with Crippen molar-refractivity contribution < 1.29 is 9.53 Å². The summed E-state index contributed by atoms with van der Waals surface area (Å²) in [5.74, 6) is 1.09. The fourth-order valence-electron chi connectivity index (χ4n) is 4.52. The van der Waals surface area contributed by atoms with Crippen LogP contribution in [0.2, 0.25) is 0 Å². The van der Waals surface area contributed by atoms with Gasteiger partial charge in [-0.1, -0.05) is 24.3 Å². The molecule has 0 aromatic heterocycles. The first-order valence-electron chi connectivity index (χ1n) is 9.27. The minimum atomic E-state index is 0.133. The molecular weight excluding hydrogens is 314 g/mol. The third kappa shape index (κ3) is 3.67. The van der Waals surface area contributed by atoms with Gasteiger partial charge in [0.05, 0.1) is 6.04 Å². The van der Waals surface area contributed by atoms with Crippen molar-refractivity contribution in [2.24, 2.45) is 11.8 Å². The van der Waals surface area contributed by atoms with Crippen molar-refractivity contribution in [1.29, 1.82) is 0 Å². The third-order valence-corrected chi connectivity index (χ3v) is 5.70. The van der Waals surface area contributed by atoms with E-state index in [4.69, 9.17) is 4.74 Å². The topological polar surface area (TPSA) is 36.0 Å². The van der Waals surface area contributed by atoms with E-state index in [1.165, 1.54) is 11.1 Å². The monoisotopic (exact) mass is 345 g/mol. The first-order chi connectivity index (χ1) is 12.0. The summed E-state index contributed by atoms with van der Waals surface area (Å²) in [7, 11) is 5.46. The lowest BCUT2D eigenvalue weighted by Gasteiger charge is -2.32. The highest BCUT2D eigenvalue weighted by molar-refractivity contribution is 5.75. The number of aryl methyl sites for hydroxylation is 1. The molecule has 0 aliphatic carbocycles. The molecule has 1 aromatic rings. The van der Waals surface area contributed by atoms with Crippen LogP contribution in [0.4, 0.5) is 4.79 Å². The van der Waals surface area contributed by atoms with Crippen LogP contribution in [0, 0.1) is 18.8 Å². The normalized spacial score (nSPS) is 26.1. The molecule has 0 spiro atoms. The Bertz CT molecular complexity index is 604. The van der Waals surface area contributed by atoms with E-state index in [1.54, 1.807) is 12.0 Å². The number of likely N-dealkylation sites (tertiary alicyclic amines) is 2. The summed E-state index contributed by atoms with van der Waals surface area (Å²) >= 11 is 0. The summed E-state index contributed by atoms with van der Waals surface area (Å²) < 4.78 is 5.19. The minimum Gasteiger partial charge on any atom is -0.385 e. The molecule has 0 N–H and O–H groups in total. The first kappa shape index (κ1) is 18.2. The molecule has 3 rings (SSSR count). The fraction of sp³-hybridized carbons (Fsp3) is 0.650. The number of methoxy groups -OCH3 is 1. The van der Waals surface area contributed by atoms with Gasteiger partial charge in [0.15, 0.2) is 0 Å². The van der Waals surface area contributed by atoms with Crippen LogP contribution in [0.25, 0.3) is 0 Å².